The number of nitrogens with one attached hydrogen (secondary N) is 1. The molecule has 1 amide bonds. The van der Waals surface area contributed by atoms with Crippen molar-refractivity contribution in [3.63, 3.8) is 0 Å². The van der Waals surface area contributed by atoms with Crippen LogP contribution in [0.1, 0.15) is 26.7 Å². The number of halogens is 1. The Morgan fingerprint density at radius 1 is 1.58 bits per heavy atom. The van der Waals surface area contributed by atoms with Crippen LogP contribution in [0.3, 0.4) is 0 Å². The summed E-state index contributed by atoms with van der Waals surface area (Å²) in [5.74, 6) is 1.05. The van der Waals surface area contributed by atoms with Gasteiger partial charge in [-0.1, -0.05) is 13.8 Å². The molecule has 6 heteroatoms. The van der Waals surface area contributed by atoms with E-state index in [0.29, 0.717) is 0 Å². The second-order valence-corrected chi connectivity index (χ2v) is 6.00. The molecule has 1 atom stereocenters. The summed E-state index contributed by atoms with van der Waals surface area (Å²) >= 11 is 3.47. The third-order valence-electron chi connectivity index (χ3n) is 3.24. The van der Waals surface area contributed by atoms with E-state index >= 15 is 0 Å². The molecule has 2 heterocycles. The van der Waals surface area contributed by atoms with Gasteiger partial charge in [0.25, 0.3) is 0 Å². The molecule has 5 nitrogen and oxygen atoms in total. The van der Waals surface area contributed by atoms with Crippen LogP contribution in [0.2, 0.25) is 0 Å². The zero-order valence-corrected chi connectivity index (χ0v) is 12.9. The molecule has 1 aliphatic heterocycles. The average Bonchev–Trinajstić information content (AvgIpc) is 2.39. The third-order valence-corrected chi connectivity index (χ3v) is 3.80. The summed E-state index contributed by atoms with van der Waals surface area (Å²) in [4.78, 5) is 22.2. The fraction of sp³-hybridized carbons (Fsp3) is 0.615. The Balaban J connectivity index is 2.01. The predicted molar refractivity (Wildman–Crippen MR) is 77.9 cm³/mol. The number of nitrogens with zero attached hydrogens (tertiary/aromatic N) is 3. The lowest BCUT2D eigenvalue weighted by molar-refractivity contribution is -0.124. The molecule has 0 radical (unpaired) electrons. The highest BCUT2D eigenvalue weighted by Crippen LogP contribution is 2.25. The van der Waals surface area contributed by atoms with Crippen LogP contribution in [0.4, 0.5) is 5.82 Å². The summed E-state index contributed by atoms with van der Waals surface area (Å²) in [6.45, 7) is 5.59. The maximum absolute atomic E-state index is 11.8. The van der Waals surface area contributed by atoms with Gasteiger partial charge in [-0.15, -0.1) is 0 Å². The van der Waals surface area contributed by atoms with Crippen molar-refractivity contribution in [2.75, 3.05) is 18.0 Å². The Labute approximate surface area is 121 Å². The molecule has 1 aromatic rings. The van der Waals surface area contributed by atoms with Crippen LogP contribution in [-0.4, -0.2) is 35.0 Å². The summed E-state index contributed by atoms with van der Waals surface area (Å²) < 4.78 is 0.894. The second-order valence-electron chi connectivity index (χ2n) is 5.14. The zero-order chi connectivity index (χ0) is 13.8. The fourth-order valence-electron chi connectivity index (χ4n) is 2.19. The Bertz CT molecular complexity index is 452. The molecule has 0 saturated carbocycles. The zero-order valence-electron chi connectivity index (χ0n) is 11.3. The van der Waals surface area contributed by atoms with E-state index in [1.54, 1.807) is 12.5 Å². The molecule has 0 bridgehead atoms. The molecular formula is C13H19BrN4O. The van der Waals surface area contributed by atoms with Crippen molar-refractivity contribution in [2.45, 2.75) is 32.7 Å². The van der Waals surface area contributed by atoms with Crippen molar-refractivity contribution < 1.29 is 4.79 Å². The number of aromatic nitrogens is 2. The minimum Gasteiger partial charge on any atom is -0.354 e. The minimum absolute atomic E-state index is 0.0289. The van der Waals surface area contributed by atoms with Crippen LogP contribution in [0.15, 0.2) is 17.0 Å². The van der Waals surface area contributed by atoms with Crippen LogP contribution >= 0.6 is 15.9 Å². The van der Waals surface area contributed by atoms with Crippen molar-refractivity contribution in [1.29, 1.82) is 0 Å². The van der Waals surface area contributed by atoms with Crippen molar-refractivity contribution in [3.8, 4) is 0 Å². The number of hydrogen-bond donors (Lipinski definition) is 1. The fourth-order valence-corrected chi connectivity index (χ4v) is 2.67. The van der Waals surface area contributed by atoms with Crippen LogP contribution < -0.4 is 10.2 Å². The van der Waals surface area contributed by atoms with E-state index < -0.39 is 0 Å². The number of anilines is 1. The Kier molecular flexibility index (Phi) is 4.74. The van der Waals surface area contributed by atoms with Gasteiger partial charge in [-0.05, 0) is 28.8 Å². The summed E-state index contributed by atoms with van der Waals surface area (Å²) in [6, 6.07) is 0.200. The average molecular weight is 327 g/mol. The van der Waals surface area contributed by atoms with Crippen molar-refractivity contribution in [1.82, 2.24) is 15.3 Å². The first-order valence-electron chi connectivity index (χ1n) is 6.58. The highest BCUT2D eigenvalue weighted by molar-refractivity contribution is 9.10. The number of hydrogen-bond acceptors (Lipinski definition) is 4. The molecule has 0 aromatic carbocycles. The maximum atomic E-state index is 11.8. The van der Waals surface area contributed by atoms with Crippen molar-refractivity contribution in [2.24, 2.45) is 5.92 Å². The first-order valence-corrected chi connectivity index (χ1v) is 7.38. The van der Waals surface area contributed by atoms with Gasteiger partial charge in [0.05, 0.1) is 4.47 Å². The van der Waals surface area contributed by atoms with Crippen LogP contribution in [-0.2, 0) is 4.79 Å². The maximum Gasteiger partial charge on any atom is 0.222 e. The summed E-state index contributed by atoms with van der Waals surface area (Å²) in [6.07, 6.45) is 5.38. The van der Waals surface area contributed by atoms with E-state index in [9.17, 15) is 4.79 Å². The molecule has 1 unspecified atom stereocenters. The normalized spacial score (nSPS) is 19.6. The Hall–Kier alpha value is -1.17. The molecule has 1 saturated heterocycles. The molecule has 0 spiro atoms. The van der Waals surface area contributed by atoms with Gasteiger partial charge < -0.3 is 10.2 Å². The molecule has 0 aliphatic carbocycles. The van der Waals surface area contributed by atoms with E-state index in [1.165, 1.54) is 0 Å². The van der Waals surface area contributed by atoms with Gasteiger partial charge in [0.2, 0.25) is 5.91 Å². The molecule has 1 N–H and O–H groups in total. The van der Waals surface area contributed by atoms with E-state index in [4.69, 9.17) is 0 Å². The lowest BCUT2D eigenvalue weighted by Gasteiger charge is -2.34. The number of carbonyl (C=O) groups is 1. The van der Waals surface area contributed by atoms with Crippen LogP contribution in [0.25, 0.3) is 0 Å². The summed E-state index contributed by atoms with van der Waals surface area (Å²) in [5, 5.41) is 3.10. The third kappa shape index (κ3) is 3.65. The number of amides is 1. The first-order chi connectivity index (χ1) is 9.08. The molecule has 1 fully saturated rings. The molecular weight excluding hydrogens is 308 g/mol. The number of rotatable bonds is 3. The van der Waals surface area contributed by atoms with E-state index in [-0.39, 0.29) is 17.9 Å². The van der Waals surface area contributed by atoms with Crippen LogP contribution in [0, 0.1) is 5.92 Å². The largest absolute Gasteiger partial charge is 0.354 e. The van der Waals surface area contributed by atoms with Crippen LogP contribution in [0.5, 0.6) is 0 Å². The monoisotopic (exact) mass is 326 g/mol. The van der Waals surface area contributed by atoms with Gasteiger partial charge in [-0.3, -0.25) is 4.79 Å². The number of carbonyl (C=O) groups excluding carboxylic acids is 1. The smallest absolute Gasteiger partial charge is 0.222 e. The molecule has 2 rings (SSSR count). The van der Waals surface area contributed by atoms with Gasteiger partial charge in [0, 0.05) is 31.2 Å². The topological polar surface area (TPSA) is 58.1 Å². The summed E-state index contributed by atoms with van der Waals surface area (Å²) in [7, 11) is 0. The molecule has 1 aliphatic rings. The van der Waals surface area contributed by atoms with Gasteiger partial charge in [0.15, 0.2) is 0 Å². The van der Waals surface area contributed by atoms with Gasteiger partial charge in [0.1, 0.15) is 12.1 Å². The summed E-state index contributed by atoms with van der Waals surface area (Å²) in [5.41, 5.74) is 0. The lowest BCUT2D eigenvalue weighted by Crippen LogP contribution is -2.49. The van der Waals surface area contributed by atoms with Gasteiger partial charge in [-0.25, -0.2) is 9.97 Å². The molecule has 1 aromatic heterocycles. The standard InChI is InChI=1S/C13H19BrN4O/c1-9(2)13(19)17-10-4-3-5-18(7-10)12-11(14)6-15-8-16-12/h6,8-10H,3-5,7H2,1-2H3,(H,17,19). The minimum atomic E-state index is 0.0289. The van der Waals surface area contributed by atoms with Gasteiger partial charge >= 0.3 is 0 Å². The SMILES string of the molecule is CC(C)C(=O)NC1CCCN(c2ncncc2Br)C1. The highest BCUT2D eigenvalue weighted by Gasteiger charge is 2.24. The Morgan fingerprint density at radius 2 is 2.37 bits per heavy atom. The van der Waals surface area contributed by atoms with E-state index in [0.717, 1.165) is 36.2 Å². The number of piperidine rings is 1. The van der Waals surface area contributed by atoms with Crippen molar-refractivity contribution >= 4 is 27.7 Å². The quantitative estimate of drug-likeness (QED) is 0.922. The van der Waals surface area contributed by atoms with Gasteiger partial charge in [-0.2, -0.15) is 0 Å². The van der Waals surface area contributed by atoms with E-state index in [2.05, 4.69) is 36.1 Å². The molecule has 19 heavy (non-hydrogen) atoms. The Morgan fingerprint density at radius 3 is 3.05 bits per heavy atom. The molecule has 104 valence electrons. The van der Waals surface area contributed by atoms with E-state index in [1.807, 2.05) is 13.8 Å². The predicted octanol–water partition coefficient (Wildman–Crippen LogP) is 1.98. The second kappa shape index (κ2) is 6.32. The highest BCUT2D eigenvalue weighted by atomic mass is 79.9. The van der Waals surface area contributed by atoms with Crippen molar-refractivity contribution in [3.05, 3.63) is 17.0 Å². The first kappa shape index (κ1) is 14.2. The lowest BCUT2D eigenvalue weighted by atomic mass is 10.0.